The minimum Gasteiger partial charge on any atom is -0.377 e. The summed E-state index contributed by atoms with van der Waals surface area (Å²) in [6.07, 6.45) is 0. The summed E-state index contributed by atoms with van der Waals surface area (Å²) in [5.41, 5.74) is 7.57. The Balaban J connectivity index is 0.00000289. The lowest BCUT2D eigenvalue weighted by molar-refractivity contribution is 0.0976. The average molecular weight is 336 g/mol. The van der Waals surface area contributed by atoms with E-state index in [9.17, 15) is 4.79 Å². The number of nitrogens with one attached hydrogen (secondary N) is 2. The third-order valence-electron chi connectivity index (χ3n) is 2.31. The summed E-state index contributed by atoms with van der Waals surface area (Å²) in [7, 11) is 3.81. The summed E-state index contributed by atoms with van der Waals surface area (Å²) in [5.74, 6) is -0.751. The highest BCUT2D eigenvalue weighted by atomic mass is 79.9. The maximum atomic E-state index is 11.7. The van der Waals surface area contributed by atoms with Gasteiger partial charge in [0.1, 0.15) is 0 Å². The molecule has 0 fully saturated rings. The summed E-state index contributed by atoms with van der Waals surface area (Å²) in [6, 6.07) is 3.47. The Morgan fingerprint density at radius 3 is 2.44 bits per heavy atom. The number of nitrogens with zero attached hydrogens (tertiary/aromatic N) is 1. The molecule has 0 spiro atoms. The van der Waals surface area contributed by atoms with Crippen LogP contribution in [0.25, 0.3) is 0 Å². The highest BCUT2D eigenvalue weighted by Gasteiger charge is 2.12. The molecule has 1 amide bonds. The summed E-state index contributed by atoms with van der Waals surface area (Å²) < 4.78 is 0.845. The topological polar surface area (TPSA) is 82.2 Å². The third kappa shape index (κ3) is 3.89. The van der Waals surface area contributed by atoms with Crippen molar-refractivity contribution in [2.45, 2.75) is 6.92 Å². The smallest absolute Gasteiger partial charge is 0.258 e. The van der Waals surface area contributed by atoms with Crippen LogP contribution in [0.2, 0.25) is 0 Å². The van der Waals surface area contributed by atoms with E-state index in [1.165, 1.54) is 0 Å². The van der Waals surface area contributed by atoms with Crippen molar-refractivity contribution in [2.75, 3.05) is 19.0 Å². The number of amides is 1. The van der Waals surface area contributed by atoms with Crippen LogP contribution >= 0.6 is 28.3 Å². The molecule has 1 aromatic carbocycles. The van der Waals surface area contributed by atoms with Crippen LogP contribution in [0.5, 0.6) is 0 Å². The molecule has 1 aromatic rings. The SMILES string of the molecule is Cc1c(Br)cc(C(=O)NC(=N)N)cc1N(C)C.Cl. The molecule has 18 heavy (non-hydrogen) atoms. The lowest BCUT2D eigenvalue weighted by Crippen LogP contribution is -2.35. The minimum absolute atomic E-state index is 0. The number of nitrogens with two attached hydrogens (primary N) is 1. The van der Waals surface area contributed by atoms with E-state index in [-0.39, 0.29) is 24.3 Å². The van der Waals surface area contributed by atoms with Crippen molar-refractivity contribution < 1.29 is 4.79 Å². The molecule has 5 nitrogen and oxygen atoms in total. The van der Waals surface area contributed by atoms with Crippen molar-refractivity contribution in [2.24, 2.45) is 5.73 Å². The van der Waals surface area contributed by atoms with Crippen molar-refractivity contribution in [3.63, 3.8) is 0 Å². The van der Waals surface area contributed by atoms with Crippen LogP contribution in [0.3, 0.4) is 0 Å². The molecule has 7 heteroatoms. The summed E-state index contributed by atoms with van der Waals surface area (Å²) in [4.78, 5) is 13.6. The van der Waals surface area contributed by atoms with Gasteiger partial charge in [-0.05, 0) is 24.6 Å². The number of guanidine groups is 1. The second kappa shape index (κ2) is 6.61. The van der Waals surface area contributed by atoms with E-state index >= 15 is 0 Å². The van der Waals surface area contributed by atoms with Crippen LogP contribution in [0, 0.1) is 12.3 Å². The maximum absolute atomic E-state index is 11.7. The molecular weight excluding hydrogens is 320 g/mol. The Bertz CT molecular complexity index is 476. The molecule has 0 unspecified atom stereocenters. The molecule has 0 aromatic heterocycles. The monoisotopic (exact) mass is 334 g/mol. The fraction of sp³-hybridized carbons (Fsp3) is 0.273. The molecule has 0 aliphatic carbocycles. The van der Waals surface area contributed by atoms with Crippen molar-refractivity contribution in [1.82, 2.24) is 5.32 Å². The molecule has 0 heterocycles. The molecule has 1 rings (SSSR count). The van der Waals surface area contributed by atoms with E-state index in [4.69, 9.17) is 11.1 Å². The third-order valence-corrected chi connectivity index (χ3v) is 3.13. The summed E-state index contributed by atoms with van der Waals surface area (Å²) in [5, 5.41) is 9.29. The first-order valence-corrected chi connectivity index (χ1v) is 5.75. The van der Waals surface area contributed by atoms with Gasteiger partial charge >= 0.3 is 0 Å². The Labute approximate surface area is 121 Å². The maximum Gasteiger partial charge on any atom is 0.258 e. The number of benzene rings is 1. The van der Waals surface area contributed by atoms with E-state index in [1.54, 1.807) is 12.1 Å². The van der Waals surface area contributed by atoms with Gasteiger partial charge in [-0.2, -0.15) is 0 Å². The van der Waals surface area contributed by atoms with E-state index in [2.05, 4.69) is 21.2 Å². The minimum atomic E-state index is -0.388. The van der Waals surface area contributed by atoms with Crippen LogP contribution in [-0.2, 0) is 0 Å². The van der Waals surface area contributed by atoms with Crippen LogP contribution in [-0.4, -0.2) is 26.0 Å². The number of rotatable bonds is 2. The molecular formula is C11H16BrClN4O. The molecule has 100 valence electrons. The van der Waals surface area contributed by atoms with Crippen LogP contribution in [0.4, 0.5) is 5.69 Å². The molecule has 0 saturated heterocycles. The van der Waals surface area contributed by atoms with Gasteiger partial charge in [-0.3, -0.25) is 15.5 Å². The number of hydrogen-bond donors (Lipinski definition) is 3. The lowest BCUT2D eigenvalue weighted by Gasteiger charge is -2.18. The number of carbonyl (C=O) groups is 1. The van der Waals surface area contributed by atoms with E-state index in [0.717, 1.165) is 15.7 Å². The largest absolute Gasteiger partial charge is 0.377 e. The number of carbonyl (C=O) groups excluding carboxylic acids is 1. The van der Waals surface area contributed by atoms with Gasteiger partial charge in [0.25, 0.3) is 5.91 Å². The molecule has 4 N–H and O–H groups in total. The number of anilines is 1. The fourth-order valence-corrected chi connectivity index (χ4v) is 1.90. The fourth-order valence-electron chi connectivity index (χ4n) is 1.45. The molecule has 0 aliphatic heterocycles. The Hall–Kier alpha value is -1.27. The Morgan fingerprint density at radius 1 is 1.44 bits per heavy atom. The predicted molar refractivity (Wildman–Crippen MR) is 79.8 cm³/mol. The molecule has 0 bridgehead atoms. The normalized spacial score (nSPS) is 9.33. The summed E-state index contributed by atoms with van der Waals surface area (Å²) in [6.45, 7) is 1.96. The standard InChI is InChI=1S/C11H15BrN4O.ClH/c1-6-8(12)4-7(5-9(6)16(2)3)10(17)15-11(13)14;/h4-5H,1-3H3,(H4,13,14,15,17);1H. The summed E-state index contributed by atoms with van der Waals surface area (Å²) >= 11 is 3.41. The first kappa shape index (κ1) is 16.7. The number of hydrogen-bond acceptors (Lipinski definition) is 3. The van der Waals surface area contributed by atoms with Crippen molar-refractivity contribution in [3.8, 4) is 0 Å². The average Bonchev–Trinajstić information content (AvgIpc) is 2.20. The van der Waals surface area contributed by atoms with Gasteiger partial charge in [-0.25, -0.2) is 0 Å². The van der Waals surface area contributed by atoms with E-state index in [0.29, 0.717) is 5.56 Å². The van der Waals surface area contributed by atoms with Gasteiger partial charge in [-0.1, -0.05) is 15.9 Å². The quantitative estimate of drug-likeness (QED) is 0.570. The number of halogens is 2. The lowest BCUT2D eigenvalue weighted by atomic mass is 10.1. The predicted octanol–water partition coefficient (Wildman–Crippen LogP) is 1.87. The van der Waals surface area contributed by atoms with E-state index in [1.807, 2.05) is 25.9 Å². The zero-order chi connectivity index (χ0) is 13.2. The van der Waals surface area contributed by atoms with Gasteiger partial charge in [0.05, 0.1) is 0 Å². The van der Waals surface area contributed by atoms with Crippen molar-refractivity contribution >= 4 is 45.9 Å². The highest BCUT2D eigenvalue weighted by molar-refractivity contribution is 9.10. The Kier molecular flexibility index (Phi) is 6.14. The zero-order valence-electron chi connectivity index (χ0n) is 10.4. The van der Waals surface area contributed by atoms with Crippen molar-refractivity contribution in [3.05, 3.63) is 27.7 Å². The van der Waals surface area contributed by atoms with Gasteiger partial charge < -0.3 is 10.6 Å². The van der Waals surface area contributed by atoms with Crippen LogP contribution in [0.15, 0.2) is 16.6 Å². The molecule has 0 aliphatic rings. The second-order valence-electron chi connectivity index (χ2n) is 3.86. The van der Waals surface area contributed by atoms with Crippen LogP contribution in [0.1, 0.15) is 15.9 Å². The first-order valence-electron chi connectivity index (χ1n) is 4.95. The van der Waals surface area contributed by atoms with Gasteiger partial charge in [0.2, 0.25) is 0 Å². The van der Waals surface area contributed by atoms with E-state index < -0.39 is 0 Å². The molecule has 0 saturated carbocycles. The van der Waals surface area contributed by atoms with Gasteiger partial charge in [-0.15, -0.1) is 12.4 Å². The Morgan fingerprint density at radius 2 is 2.00 bits per heavy atom. The zero-order valence-corrected chi connectivity index (χ0v) is 12.8. The second-order valence-corrected chi connectivity index (χ2v) is 4.72. The molecule has 0 atom stereocenters. The van der Waals surface area contributed by atoms with Crippen molar-refractivity contribution in [1.29, 1.82) is 5.41 Å². The highest BCUT2D eigenvalue weighted by Crippen LogP contribution is 2.27. The van der Waals surface area contributed by atoms with Gasteiger partial charge in [0.15, 0.2) is 5.96 Å². The van der Waals surface area contributed by atoms with Crippen LogP contribution < -0.4 is 16.0 Å². The van der Waals surface area contributed by atoms with Gasteiger partial charge in [0, 0.05) is 29.8 Å². The molecule has 0 radical (unpaired) electrons. The first-order chi connectivity index (χ1) is 7.82.